The Balaban J connectivity index is 1.22. The van der Waals surface area contributed by atoms with Crippen LogP contribution in [0.4, 0.5) is 34.6 Å². The third-order valence-electron chi connectivity index (χ3n) is 6.29. The van der Waals surface area contributed by atoms with E-state index in [1.54, 1.807) is 6.20 Å². The Bertz CT molecular complexity index is 1520. The van der Waals surface area contributed by atoms with Gasteiger partial charge in [0.05, 0.1) is 28.4 Å². The van der Waals surface area contributed by atoms with Crippen molar-refractivity contribution in [2.45, 2.75) is 31.5 Å². The minimum absolute atomic E-state index is 0.193. The standard InChI is InChI=1S/C25H24F3N7O3S2/c26-25(27,28)15-8-14(22(37)35-6-1-2-17(35)12-36)9-16(10-15)33-23(38)34-24-30-11-18(40-24)3-5-29-21-20-19(4-7-39-20)31-13-32-21/h4,7-11,13,17,36H,1-3,5-6,12H2,(H,29,31,32)(H2,30,33,34,38)/t17-/m1/s1. The number of nitrogens with zero attached hydrogens (tertiary/aromatic N) is 4. The molecule has 0 spiro atoms. The number of thiophene rings is 1. The van der Waals surface area contributed by atoms with Crippen LogP contribution >= 0.6 is 22.7 Å². The first-order valence-electron chi connectivity index (χ1n) is 12.3. The van der Waals surface area contributed by atoms with Gasteiger partial charge in [0.1, 0.15) is 12.1 Å². The number of aliphatic hydroxyl groups is 1. The molecule has 0 saturated carbocycles. The highest BCUT2D eigenvalue weighted by Crippen LogP contribution is 2.33. The smallest absolute Gasteiger partial charge is 0.394 e. The third kappa shape index (κ3) is 6.32. The monoisotopic (exact) mass is 591 g/mol. The molecule has 15 heteroatoms. The van der Waals surface area contributed by atoms with Crippen molar-refractivity contribution in [2.24, 2.45) is 0 Å². The van der Waals surface area contributed by atoms with Gasteiger partial charge in [-0.3, -0.25) is 10.1 Å². The van der Waals surface area contributed by atoms with Crippen LogP contribution in [-0.4, -0.2) is 62.6 Å². The number of fused-ring (bicyclic) bond motifs is 1. The maximum Gasteiger partial charge on any atom is 0.416 e. The number of anilines is 3. The van der Waals surface area contributed by atoms with Crippen molar-refractivity contribution in [1.29, 1.82) is 0 Å². The number of carbonyl (C=O) groups is 2. The van der Waals surface area contributed by atoms with E-state index in [2.05, 4.69) is 30.9 Å². The van der Waals surface area contributed by atoms with E-state index in [0.717, 1.165) is 33.0 Å². The summed E-state index contributed by atoms with van der Waals surface area (Å²) in [5, 5.41) is 19.9. The van der Waals surface area contributed by atoms with Crippen molar-refractivity contribution in [3.63, 3.8) is 0 Å². The Kier molecular flexibility index (Phi) is 8.14. The summed E-state index contributed by atoms with van der Waals surface area (Å²) >= 11 is 2.77. The lowest BCUT2D eigenvalue weighted by Gasteiger charge is -2.24. The van der Waals surface area contributed by atoms with E-state index in [9.17, 15) is 27.9 Å². The number of benzene rings is 1. The Morgan fingerprint density at radius 2 is 2.00 bits per heavy atom. The average Bonchev–Trinajstić information content (AvgIpc) is 3.68. The fourth-order valence-corrected chi connectivity index (χ4v) is 6.02. The first kappa shape index (κ1) is 27.7. The van der Waals surface area contributed by atoms with Crippen molar-refractivity contribution in [1.82, 2.24) is 19.9 Å². The zero-order valence-corrected chi connectivity index (χ0v) is 22.5. The van der Waals surface area contributed by atoms with Crippen LogP contribution in [0.15, 0.2) is 42.2 Å². The number of thiazole rings is 1. The Hall–Kier alpha value is -3.82. The summed E-state index contributed by atoms with van der Waals surface area (Å²) in [5.41, 5.74) is -0.624. The first-order chi connectivity index (χ1) is 19.2. The molecule has 5 rings (SSSR count). The maximum atomic E-state index is 13.6. The highest BCUT2D eigenvalue weighted by atomic mass is 32.1. The van der Waals surface area contributed by atoms with Gasteiger partial charge in [-0.1, -0.05) is 0 Å². The van der Waals surface area contributed by atoms with Gasteiger partial charge in [-0.05, 0) is 42.5 Å². The second-order valence-corrected chi connectivity index (χ2v) is 11.1. The topological polar surface area (TPSA) is 132 Å². The van der Waals surface area contributed by atoms with Crippen molar-refractivity contribution < 1.29 is 27.9 Å². The van der Waals surface area contributed by atoms with Gasteiger partial charge in [-0.15, -0.1) is 22.7 Å². The minimum atomic E-state index is -4.73. The van der Waals surface area contributed by atoms with Gasteiger partial charge in [0, 0.05) is 41.8 Å². The number of alkyl halides is 3. The molecule has 1 aliphatic rings. The number of carbonyl (C=O) groups excluding carboxylic acids is 2. The van der Waals surface area contributed by atoms with E-state index < -0.39 is 29.7 Å². The number of hydrogen-bond acceptors (Lipinski definition) is 9. The molecule has 0 radical (unpaired) electrons. The van der Waals surface area contributed by atoms with Gasteiger partial charge in [0.15, 0.2) is 5.13 Å². The molecule has 1 saturated heterocycles. The lowest BCUT2D eigenvalue weighted by atomic mass is 10.1. The first-order valence-corrected chi connectivity index (χ1v) is 14.0. The van der Waals surface area contributed by atoms with Crippen LogP contribution in [-0.2, 0) is 12.6 Å². The molecule has 4 aromatic rings. The summed E-state index contributed by atoms with van der Waals surface area (Å²) in [6.07, 6.45) is 0.184. The molecule has 4 heterocycles. The lowest BCUT2D eigenvalue weighted by Crippen LogP contribution is -2.37. The van der Waals surface area contributed by atoms with E-state index in [1.165, 1.54) is 40.0 Å². The number of amides is 3. The second-order valence-electron chi connectivity index (χ2n) is 9.02. The van der Waals surface area contributed by atoms with Crippen molar-refractivity contribution >= 4 is 61.5 Å². The SMILES string of the molecule is O=C(Nc1cc(C(=O)N2CCC[C@@H]2CO)cc(C(F)(F)F)c1)Nc1ncc(CCNc2ncnc3ccsc23)s1. The number of rotatable bonds is 8. The molecule has 4 N–H and O–H groups in total. The average molecular weight is 592 g/mol. The molecule has 210 valence electrons. The molecule has 0 aliphatic carbocycles. The summed E-state index contributed by atoms with van der Waals surface area (Å²) in [7, 11) is 0. The zero-order chi connectivity index (χ0) is 28.3. The van der Waals surface area contributed by atoms with E-state index in [4.69, 9.17) is 0 Å². The zero-order valence-electron chi connectivity index (χ0n) is 20.9. The molecule has 1 fully saturated rings. The van der Waals surface area contributed by atoms with Gasteiger partial charge in [-0.2, -0.15) is 13.2 Å². The van der Waals surface area contributed by atoms with Gasteiger partial charge < -0.3 is 20.6 Å². The fraction of sp³-hybridized carbons (Fsp3) is 0.320. The van der Waals surface area contributed by atoms with E-state index >= 15 is 0 Å². The molecule has 10 nitrogen and oxygen atoms in total. The quantitative estimate of drug-likeness (QED) is 0.225. The van der Waals surface area contributed by atoms with Crippen LogP contribution in [0.1, 0.15) is 33.6 Å². The molecule has 1 aliphatic heterocycles. The molecule has 0 unspecified atom stereocenters. The van der Waals surface area contributed by atoms with Crippen LogP contribution < -0.4 is 16.0 Å². The van der Waals surface area contributed by atoms with Crippen LogP contribution in [0.2, 0.25) is 0 Å². The number of aromatic nitrogens is 3. The Morgan fingerprint density at radius 1 is 1.15 bits per heavy atom. The Morgan fingerprint density at radius 3 is 2.80 bits per heavy atom. The summed E-state index contributed by atoms with van der Waals surface area (Å²) in [6.45, 7) is 0.624. The molecule has 0 bridgehead atoms. The molecular weight excluding hydrogens is 567 g/mol. The number of halogens is 3. The molecule has 3 amide bonds. The van der Waals surface area contributed by atoms with Crippen LogP contribution in [0.5, 0.6) is 0 Å². The second kappa shape index (κ2) is 11.7. The van der Waals surface area contributed by atoms with Crippen LogP contribution in [0.25, 0.3) is 10.2 Å². The highest BCUT2D eigenvalue weighted by Gasteiger charge is 2.34. The Labute approximate surface area is 234 Å². The van der Waals surface area contributed by atoms with E-state index in [-0.39, 0.29) is 23.0 Å². The summed E-state index contributed by atoms with van der Waals surface area (Å²) in [4.78, 5) is 40.4. The van der Waals surface area contributed by atoms with E-state index in [1.807, 2.05) is 11.4 Å². The number of nitrogens with one attached hydrogen (secondary N) is 3. The van der Waals surface area contributed by atoms with Gasteiger partial charge in [-0.25, -0.2) is 19.7 Å². The van der Waals surface area contributed by atoms with Crippen molar-refractivity contribution in [3.8, 4) is 0 Å². The largest absolute Gasteiger partial charge is 0.416 e. The van der Waals surface area contributed by atoms with Crippen LogP contribution in [0.3, 0.4) is 0 Å². The molecule has 1 aromatic carbocycles. The van der Waals surface area contributed by atoms with Crippen LogP contribution in [0, 0.1) is 0 Å². The van der Waals surface area contributed by atoms with Gasteiger partial charge >= 0.3 is 12.2 Å². The highest BCUT2D eigenvalue weighted by molar-refractivity contribution is 7.17. The normalized spacial score (nSPS) is 15.4. The molecule has 1 atom stereocenters. The van der Waals surface area contributed by atoms with Gasteiger partial charge in [0.25, 0.3) is 5.91 Å². The number of likely N-dealkylation sites (tertiary alicyclic amines) is 1. The van der Waals surface area contributed by atoms with Gasteiger partial charge in [0.2, 0.25) is 0 Å². The number of aliphatic hydroxyl groups excluding tert-OH is 1. The summed E-state index contributed by atoms with van der Waals surface area (Å²) < 4.78 is 41.7. The lowest BCUT2D eigenvalue weighted by molar-refractivity contribution is -0.137. The fourth-order valence-electron chi connectivity index (χ4n) is 4.40. The summed E-state index contributed by atoms with van der Waals surface area (Å²) in [5.74, 6) is 0.101. The maximum absolute atomic E-state index is 13.6. The molecule has 3 aromatic heterocycles. The van der Waals surface area contributed by atoms with Crippen molar-refractivity contribution in [3.05, 3.63) is 58.2 Å². The minimum Gasteiger partial charge on any atom is -0.394 e. The van der Waals surface area contributed by atoms with E-state index in [0.29, 0.717) is 32.4 Å². The predicted octanol–water partition coefficient (Wildman–Crippen LogP) is 5.06. The number of hydrogen-bond donors (Lipinski definition) is 4. The number of urea groups is 1. The van der Waals surface area contributed by atoms with Crippen molar-refractivity contribution in [2.75, 3.05) is 35.6 Å². The molecule has 40 heavy (non-hydrogen) atoms. The predicted molar refractivity (Wildman–Crippen MR) is 147 cm³/mol. The third-order valence-corrected chi connectivity index (χ3v) is 8.18. The molecular formula is C25H24F3N7O3S2. The summed E-state index contributed by atoms with van der Waals surface area (Å²) in [6, 6.07) is 3.38.